The van der Waals surface area contributed by atoms with Crippen LogP contribution in [0.2, 0.25) is 10.0 Å². The van der Waals surface area contributed by atoms with E-state index in [1.807, 2.05) is 13.0 Å². The fourth-order valence-corrected chi connectivity index (χ4v) is 5.99. The summed E-state index contributed by atoms with van der Waals surface area (Å²) < 4.78 is 11.5. The number of piperidine rings is 1. The molecule has 2 atom stereocenters. The largest absolute Gasteiger partial charge is 0.489 e. The molecule has 1 saturated heterocycles. The van der Waals surface area contributed by atoms with E-state index in [1.54, 1.807) is 35.2 Å². The number of nitrogens with zero attached hydrogens (tertiary/aromatic N) is 1. The molecule has 1 N–H and O–H groups in total. The topological polar surface area (TPSA) is 80.0 Å². The van der Waals surface area contributed by atoms with E-state index in [2.05, 4.69) is 0 Å². The Labute approximate surface area is 219 Å². The molecule has 0 spiro atoms. The van der Waals surface area contributed by atoms with Gasteiger partial charge in [-0.1, -0.05) is 42.1 Å². The first-order valence-corrected chi connectivity index (χ1v) is 13.1. The van der Waals surface area contributed by atoms with Gasteiger partial charge in [0.1, 0.15) is 17.9 Å². The van der Waals surface area contributed by atoms with Gasteiger partial charge in [-0.3, -0.25) is 4.79 Å². The van der Waals surface area contributed by atoms with Crippen molar-refractivity contribution in [3.63, 3.8) is 0 Å². The minimum Gasteiger partial charge on any atom is -0.489 e. The van der Waals surface area contributed by atoms with Gasteiger partial charge in [-0.25, -0.2) is 4.79 Å². The lowest BCUT2D eigenvalue weighted by molar-refractivity contribution is -0.142. The Balaban J connectivity index is 1.31. The Morgan fingerprint density at radius 1 is 1.19 bits per heavy atom. The maximum Gasteiger partial charge on any atom is 0.340 e. The molecule has 36 heavy (non-hydrogen) atoms. The van der Waals surface area contributed by atoms with Crippen LogP contribution in [-0.2, 0) is 17.8 Å². The number of benzene rings is 2. The van der Waals surface area contributed by atoms with Gasteiger partial charge in [-0.15, -0.1) is 0 Å². The van der Waals surface area contributed by atoms with Gasteiger partial charge < -0.3 is 19.2 Å². The smallest absolute Gasteiger partial charge is 0.340 e. The number of halogens is 2. The van der Waals surface area contributed by atoms with Crippen molar-refractivity contribution in [1.82, 2.24) is 4.90 Å². The second-order valence-electron chi connectivity index (χ2n) is 9.99. The molecule has 2 aliphatic rings. The zero-order chi connectivity index (χ0) is 25.4. The molecule has 0 radical (unpaired) electrons. The minimum absolute atomic E-state index is 0.0113. The SMILES string of the molecule is Cc1c(CC(=O)N2CC[C@@]3(O)CCCC[C@@H]3C2)c(=O)oc2cc(OCc3ccc(Cl)cc3Cl)ccc12. The Morgan fingerprint density at radius 2 is 2.03 bits per heavy atom. The lowest BCUT2D eigenvalue weighted by Crippen LogP contribution is -2.55. The molecule has 2 fully saturated rings. The standard InChI is InChI=1S/C28H29Cl2NO5/c1-17-22-8-7-21(35-16-18-5-6-20(29)12-24(18)30)13-25(22)36-27(33)23(17)14-26(32)31-11-10-28(34)9-3-2-4-19(28)15-31/h5-8,12-13,19,34H,2-4,9-11,14-16H2,1H3/t19-,28+/m1/s1. The first-order chi connectivity index (χ1) is 17.2. The number of fused-ring (bicyclic) bond motifs is 2. The van der Waals surface area contributed by atoms with Crippen LogP contribution in [0.3, 0.4) is 0 Å². The van der Waals surface area contributed by atoms with Gasteiger partial charge in [-0.05, 0) is 56.0 Å². The van der Waals surface area contributed by atoms with E-state index in [1.165, 1.54) is 0 Å². The highest BCUT2D eigenvalue weighted by atomic mass is 35.5. The average molecular weight is 530 g/mol. The van der Waals surface area contributed by atoms with Crippen molar-refractivity contribution in [2.45, 2.75) is 57.7 Å². The highest BCUT2D eigenvalue weighted by molar-refractivity contribution is 6.35. The van der Waals surface area contributed by atoms with Crippen molar-refractivity contribution in [3.8, 4) is 5.75 Å². The number of likely N-dealkylation sites (tertiary alicyclic amines) is 1. The van der Waals surface area contributed by atoms with E-state index in [0.717, 1.165) is 42.2 Å². The molecule has 2 aromatic carbocycles. The molecule has 6 nitrogen and oxygen atoms in total. The summed E-state index contributed by atoms with van der Waals surface area (Å²) in [6.45, 7) is 3.14. The zero-order valence-corrected chi connectivity index (χ0v) is 21.7. The van der Waals surface area contributed by atoms with E-state index in [9.17, 15) is 14.7 Å². The number of ether oxygens (including phenoxy) is 1. The summed E-state index contributed by atoms with van der Waals surface area (Å²) in [6.07, 6.45) is 4.46. The fourth-order valence-electron chi connectivity index (χ4n) is 5.53. The van der Waals surface area contributed by atoms with E-state index < -0.39 is 11.2 Å². The number of carbonyl (C=O) groups excluding carboxylic acids is 1. The lowest BCUT2D eigenvalue weighted by Gasteiger charge is -2.47. The predicted molar refractivity (Wildman–Crippen MR) is 140 cm³/mol. The lowest BCUT2D eigenvalue weighted by atomic mass is 9.71. The van der Waals surface area contributed by atoms with Crippen LogP contribution in [-0.4, -0.2) is 34.6 Å². The van der Waals surface area contributed by atoms with E-state index in [4.69, 9.17) is 32.4 Å². The molecule has 0 bridgehead atoms. The normalized spacial score (nSPS) is 21.9. The summed E-state index contributed by atoms with van der Waals surface area (Å²) in [5, 5.41) is 12.7. The highest BCUT2D eigenvalue weighted by Gasteiger charge is 2.43. The van der Waals surface area contributed by atoms with Gasteiger partial charge in [0.05, 0.1) is 17.6 Å². The van der Waals surface area contributed by atoms with Crippen molar-refractivity contribution in [2.24, 2.45) is 5.92 Å². The minimum atomic E-state index is -0.647. The van der Waals surface area contributed by atoms with Crippen molar-refractivity contribution < 1.29 is 19.1 Å². The summed E-state index contributed by atoms with van der Waals surface area (Å²) in [4.78, 5) is 27.8. The van der Waals surface area contributed by atoms with Crippen LogP contribution < -0.4 is 10.4 Å². The fraction of sp³-hybridized carbons (Fsp3) is 0.429. The molecule has 5 rings (SSSR count). The van der Waals surface area contributed by atoms with Crippen LogP contribution in [0.4, 0.5) is 0 Å². The maximum atomic E-state index is 13.1. The molecule has 190 valence electrons. The maximum absolute atomic E-state index is 13.1. The van der Waals surface area contributed by atoms with Crippen molar-refractivity contribution in [1.29, 1.82) is 0 Å². The zero-order valence-electron chi connectivity index (χ0n) is 20.2. The molecule has 1 aliphatic heterocycles. The Hall–Kier alpha value is -2.54. The summed E-state index contributed by atoms with van der Waals surface area (Å²) >= 11 is 12.2. The molecule has 0 unspecified atom stereocenters. The van der Waals surface area contributed by atoms with E-state index in [-0.39, 0.29) is 24.9 Å². The highest BCUT2D eigenvalue weighted by Crippen LogP contribution is 2.40. The molecule has 8 heteroatoms. The summed E-state index contributed by atoms with van der Waals surface area (Å²) in [7, 11) is 0. The molecule has 1 aliphatic carbocycles. The average Bonchev–Trinajstić information content (AvgIpc) is 2.85. The number of aliphatic hydroxyl groups is 1. The third-order valence-electron chi connectivity index (χ3n) is 7.78. The van der Waals surface area contributed by atoms with Crippen molar-refractivity contribution in [3.05, 3.63) is 73.6 Å². The summed E-state index contributed by atoms with van der Waals surface area (Å²) in [5.41, 5.74) is 1.13. The second kappa shape index (κ2) is 10.1. The van der Waals surface area contributed by atoms with Gasteiger partial charge in [0.2, 0.25) is 5.91 Å². The van der Waals surface area contributed by atoms with E-state index in [0.29, 0.717) is 46.5 Å². The van der Waals surface area contributed by atoms with Crippen LogP contribution in [0.1, 0.15) is 48.8 Å². The Bertz CT molecular complexity index is 1370. The van der Waals surface area contributed by atoms with Crippen molar-refractivity contribution in [2.75, 3.05) is 13.1 Å². The van der Waals surface area contributed by atoms with Gasteiger partial charge in [0.15, 0.2) is 0 Å². The van der Waals surface area contributed by atoms with Gasteiger partial charge >= 0.3 is 5.63 Å². The predicted octanol–water partition coefficient (Wildman–Crippen LogP) is 5.68. The molecule has 1 saturated carbocycles. The molecular weight excluding hydrogens is 501 g/mol. The molecule has 1 amide bonds. The summed E-state index contributed by atoms with van der Waals surface area (Å²) in [5.74, 6) is 0.546. The first kappa shape index (κ1) is 25.1. The Kier molecular flexibility index (Phi) is 7.03. The number of amides is 1. The van der Waals surface area contributed by atoms with Crippen LogP contribution in [0.15, 0.2) is 45.6 Å². The number of rotatable bonds is 5. The third kappa shape index (κ3) is 4.99. The number of hydrogen-bond donors (Lipinski definition) is 1. The number of aryl methyl sites for hydroxylation is 1. The molecular formula is C28H29Cl2NO5. The van der Waals surface area contributed by atoms with Crippen LogP contribution in [0.25, 0.3) is 11.0 Å². The van der Waals surface area contributed by atoms with Gasteiger partial charge in [-0.2, -0.15) is 0 Å². The second-order valence-corrected chi connectivity index (χ2v) is 10.8. The summed E-state index contributed by atoms with van der Waals surface area (Å²) in [6, 6.07) is 10.5. The van der Waals surface area contributed by atoms with Crippen LogP contribution in [0, 0.1) is 12.8 Å². The molecule has 1 aromatic heterocycles. The van der Waals surface area contributed by atoms with Gasteiger partial charge in [0, 0.05) is 46.1 Å². The van der Waals surface area contributed by atoms with E-state index >= 15 is 0 Å². The number of carbonyl (C=O) groups is 1. The van der Waals surface area contributed by atoms with Gasteiger partial charge in [0.25, 0.3) is 0 Å². The van der Waals surface area contributed by atoms with Crippen LogP contribution in [0.5, 0.6) is 5.75 Å². The quantitative estimate of drug-likeness (QED) is 0.430. The molecule has 2 heterocycles. The van der Waals surface area contributed by atoms with Crippen molar-refractivity contribution >= 4 is 40.1 Å². The number of hydrogen-bond acceptors (Lipinski definition) is 5. The Morgan fingerprint density at radius 3 is 2.83 bits per heavy atom. The third-order valence-corrected chi connectivity index (χ3v) is 8.36. The van der Waals surface area contributed by atoms with Crippen LogP contribution >= 0.6 is 23.2 Å². The monoisotopic (exact) mass is 529 g/mol. The molecule has 3 aromatic rings. The first-order valence-electron chi connectivity index (χ1n) is 12.4.